The predicted molar refractivity (Wildman–Crippen MR) is 81.0 cm³/mol. The second-order valence-electron chi connectivity index (χ2n) is 6.41. The Morgan fingerprint density at radius 1 is 1.11 bits per heavy atom. The highest BCUT2D eigenvalue weighted by Crippen LogP contribution is 2.29. The summed E-state index contributed by atoms with van der Waals surface area (Å²) in [6.07, 6.45) is 10.4. The number of amides is 1. The maximum atomic E-state index is 12.1. The average molecular weight is 268 g/mol. The van der Waals surface area contributed by atoms with Crippen LogP contribution in [0.5, 0.6) is 0 Å². The zero-order valence-electron chi connectivity index (χ0n) is 12.9. The summed E-state index contributed by atoms with van der Waals surface area (Å²) >= 11 is 0. The van der Waals surface area contributed by atoms with Gasteiger partial charge in [0, 0.05) is 19.5 Å². The summed E-state index contributed by atoms with van der Waals surface area (Å²) in [5.41, 5.74) is 6.05. The molecule has 1 amide bonds. The first-order chi connectivity index (χ1) is 9.11. The minimum Gasteiger partial charge on any atom is -0.343 e. The van der Waals surface area contributed by atoms with Crippen LogP contribution in [0, 0.1) is 5.41 Å². The molecule has 0 spiro atoms. The average Bonchev–Trinajstić information content (AvgIpc) is 2.43. The van der Waals surface area contributed by atoms with Crippen molar-refractivity contribution < 1.29 is 4.79 Å². The SMILES string of the molecule is CCCCCCCCC(=O)N1CCC(C)(CN)CC1. The van der Waals surface area contributed by atoms with Crippen molar-refractivity contribution in [3.63, 3.8) is 0 Å². The van der Waals surface area contributed by atoms with Gasteiger partial charge in [-0.1, -0.05) is 46.0 Å². The van der Waals surface area contributed by atoms with Crippen LogP contribution in [0.25, 0.3) is 0 Å². The monoisotopic (exact) mass is 268 g/mol. The van der Waals surface area contributed by atoms with Crippen molar-refractivity contribution in [2.24, 2.45) is 11.1 Å². The lowest BCUT2D eigenvalue weighted by Gasteiger charge is -2.38. The number of nitrogens with zero attached hydrogens (tertiary/aromatic N) is 1. The summed E-state index contributed by atoms with van der Waals surface area (Å²) in [5, 5.41) is 0. The Bertz CT molecular complexity index is 257. The molecule has 0 aromatic carbocycles. The van der Waals surface area contributed by atoms with Gasteiger partial charge in [-0.25, -0.2) is 0 Å². The van der Waals surface area contributed by atoms with Gasteiger partial charge in [0.25, 0.3) is 0 Å². The second kappa shape index (κ2) is 8.57. The van der Waals surface area contributed by atoms with E-state index in [1.165, 1.54) is 32.1 Å². The molecule has 0 aromatic heterocycles. The molecule has 0 radical (unpaired) electrons. The van der Waals surface area contributed by atoms with Crippen LogP contribution < -0.4 is 5.73 Å². The fourth-order valence-corrected chi connectivity index (χ4v) is 2.71. The molecule has 0 saturated carbocycles. The molecule has 0 aromatic rings. The zero-order chi connectivity index (χ0) is 14.1. The maximum absolute atomic E-state index is 12.1. The van der Waals surface area contributed by atoms with Gasteiger partial charge in [-0.2, -0.15) is 0 Å². The number of unbranched alkanes of at least 4 members (excludes halogenated alkanes) is 5. The summed E-state index contributed by atoms with van der Waals surface area (Å²) in [4.78, 5) is 14.1. The lowest BCUT2D eigenvalue weighted by molar-refractivity contribution is -0.133. The number of nitrogens with two attached hydrogens (primary N) is 1. The van der Waals surface area contributed by atoms with Crippen LogP contribution in [-0.2, 0) is 4.79 Å². The van der Waals surface area contributed by atoms with Gasteiger partial charge < -0.3 is 10.6 Å². The van der Waals surface area contributed by atoms with E-state index in [0.29, 0.717) is 5.91 Å². The van der Waals surface area contributed by atoms with Crippen LogP contribution in [-0.4, -0.2) is 30.4 Å². The third kappa shape index (κ3) is 5.94. The van der Waals surface area contributed by atoms with E-state index in [2.05, 4.69) is 13.8 Å². The third-order valence-corrected chi connectivity index (χ3v) is 4.56. The molecule has 0 aliphatic carbocycles. The molecule has 3 heteroatoms. The highest BCUT2D eigenvalue weighted by atomic mass is 16.2. The summed E-state index contributed by atoms with van der Waals surface area (Å²) in [6, 6.07) is 0. The zero-order valence-corrected chi connectivity index (χ0v) is 12.9. The number of hydrogen-bond donors (Lipinski definition) is 1. The van der Waals surface area contributed by atoms with Crippen LogP contribution in [0.15, 0.2) is 0 Å². The van der Waals surface area contributed by atoms with Crippen molar-refractivity contribution in [3.05, 3.63) is 0 Å². The largest absolute Gasteiger partial charge is 0.343 e. The summed E-state index contributed by atoms with van der Waals surface area (Å²) in [7, 11) is 0. The van der Waals surface area contributed by atoms with Gasteiger partial charge in [0.2, 0.25) is 5.91 Å². The summed E-state index contributed by atoms with van der Waals surface area (Å²) < 4.78 is 0. The predicted octanol–water partition coefficient (Wildman–Crippen LogP) is 3.32. The Labute approximate surface area is 118 Å². The van der Waals surface area contributed by atoms with Gasteiger partial charge in [-0.3, -0.25) is 4.79 Å². The Balaban J connectivity index is 2.11. The highest BCUT2D eigenvalue weighted by Gasteiger charge is 2.30. The molecule has 1 rings (SSSR count). The fourth-order valence-electron chi connectivity index (χ4n) is 2.71. The molecule has 1 saturated heterocycles. The van der Waals surface area contributed by atoms with Gasteiger partial charge in [0.15, 0.2) is 0 Å². The van der Waals surface area contributed by atoms with E-state index < -0.39 is 0 Å². The molecule has 1 aliphatic heterocycles. The lowest BCUT2D eigenvalue weighted by Crippen LogP contribution is -2.44. The molecule has 0 unspecified atom stereocenters. The number of likely N-dealkylation sites (tertiary alicyclic amines) is 1. The molecule has 0 atom stereocenters. The van der Waals surface area contributed by atoms with Crippen molar-refractivity contribution in [3.8, 4) is 0 Å². The van der Waals surface area contributed by atoms with Crippen molar-refractivity contribution in [2.45, 2.75) is 71.6 Å². The van der Waals surface area contributed by atoms with Crippen LogP contribution in [0.1, 0.15) is 71.6 Å². The number of hydrogen-bond acceptors (Lipinski definition) is 2. The molecule has 2 N–H and O–H groups in total. The summed E-state index contributed by atoms with van der Waals surface area (Å²) in [5.74, 6) is 0.356. The number of piperidine rings is 1. The first-order valence-corrected chi connectivity index (χ1v) is 8.09. The Kier molecular flexibility index (Phi) is 7.44. The van der Waals surface area contributed by atoms with Gasteiger partial charge >= 0.3 is 0 Å². The van der Waals surface area contributed by atoms with Crippen LogP contribution >= 0.6 is 0 Å². The van der Waals surface area contributed by atoms with E-state index in [1.807, 2.05) is 4.90 Å². The quantitative estimate of drug-likeness (QED) is 0.686. The lowest BCUT2D eigenvalue weighted by atomic mass is 9.80. The molecule has 1 fully saturated rings. The Morgan fingerprint density at radius 2 is 1.68 bits per heavy atom. The first-order valence-electron chi connectivity index (χ1n) is 8.09. The molecule has 1 aliphatic rings. The highest BCUT2D eigenvalue weighted by molar-refractivity contribution is 5.76. The molecule has 112 valence electrons. The number of carbonyl (C=O) groups is 1. The van der Waals surface area contributed by atoms with E-state index in [0.717, 1.165) is 45.3 Å². The smallest absolute Gasteiger partial charge is 0.222 e. The van der Waals surface area contributed by atoms with Gasteiger partial charge in [0.05, 0.1) is 0 Å². The van der Waals surface area contributed by atoms with Crippen molar-refractivity contribution in [1.82, 2.24) is 4.90 Å². The minimum atomic E-state index is 0.261. The number of carbonyl (C=O) groups excluding carboxylic acids is 1. The van der Waals surface area contributed by atoms with Crippen LogP contribution in [0.3, 0.4) is 0 Å². The number of rotatable bonds is 8. The van der Waals surface area contributed by atoms with E-state index in [1.54, 1.807) is 0 Å². The van der Waals surface area contributed by atoms with Gasteiger partial charge in [0.1, 0.15) is 0 Å². The standard InChI is InChI=1S/C16H32N2O/c1-3-4-5-6-7-8-9-15(19)18-12-10-16(2,14-17)11-13-18/h3-14,17H2,1-2H3. The van der Waals surface area contributed by atoms with Crippen molar-refractivity contribution in [1.29, 1.82) is 0 Å². The van der Waals surface area contributed by atoms with Crippen LogP contribution in [0.2, 0.25) is 0 Å². The van der Waals surface area contributed by atoms with E-state index in [4.69, 9.17) is 5.73 Å². The first kappa shape index (κ1) is 16.5. The third-order valence-electron chi connectivity index (χ3n) is 4.56. The van der Waals surface area contributed by atoms with E-state index >= 15 is 0 Å². The minimum absolute atomic E-state index is 0.261. The second-order valence-corrected chi connectivity index (χ2v) is 6.41. The van der Waals surface area contributed by atoms with Crippen molar-refractivity contribution in [2.75, 3.05) is 19.6 Å². The normalized spacial score (nSPS) is 18.6. The van der Waals surface area contributed by atoms with Crippen LogP contribution in [0.4, 0.5) is 0 Å². The fraction of sp³-hybridized carbons (Fsp3) is 0.938. The molecular weight excluding hydrogens is 236 g/mol. The summed E-state index contributed by atoms with van der Waals surface area (Å²) in [6.45, 7) is 7.02. The Morgan fingerprint density at radius 3 is 2.26 bits per heavy atom. The molecular formula is C16H32N2O. The van der Waals surface area contributed by atoms with Gasteiger partial charge in [-0.05, 0) is 31.2 Å². The molecule has 19 heavy (non-hydrogen) atoms. The molecule has 1 heterocycles. The van der Waals surface area contributed by atoms with Gasteiger partial charge in [-0.15, -0.1) is 0 Å². The van der Waals surface area contributed by atoms with E-state index in [-0.39, 0.29) is 5.41 Å². The Hall–Kier alpha value is -0.570. The maximum Gasteiger partial charge on any atom is 0.222 e. The van der Waals surface area contributed by atoms with Crippen molar-refractivity contribution >= 4 is 5.91 Å². The molecule has 0 bridgehead atoms. The topological polar surface area (TPSA) is 46.3 Å². The van der Waals surface area contributed by atoms with E-state index in [9.17, 15) is 4.79 Å². The molecule has 3 nitrogen and oxygen atoms in total.